The molecule has 0 bridgehead atoms. The molecule has 1 aliphatic rings. The van der Waals surface area contributed by atoms with E-state index in [0.717, 1.165) is 43.1 Å². The Morgan fingerprint density at radius 2 is 2.24 bits per heavy atom. The van der Waals surface area contributed by atoms with Crippen LogP contribution < -0.4 is 20.5 Å². The van der Waals surface area contributed by atoms with Crippen molar-refractivity contribution in [2.75, 3.05) is 40.4 Å². The van der Waals surface area contributed by atoms with E-state index in [0.29, 0.717) is 6.54 Å². The summed E-state index contributed by atoms with van der Waals surface area (Å²) in [7, 11) is 3.28. The molecule has 0 aromatic heterocycles. The molecule has 3 N–H and O–H groups in total. The number of primary amides is 1. The van der Waals surface area contributed by atoms with Crippen LogP contribution in [0, 0.1) is 0 Å². The molecule has 6 nitrogen and oxygen atoms in total. The van der Waals surface area contributed by atoms with Crippen LogP contribution in [0.25, 0.3) is 0 Å². The van der Waals surface area contributed by atoms with Gasteiger partial charge in [0, 0.05) is 32.2 Å². The molecule has 1 fully saturated rings. The van der Waals surface area contributed by atoms with Gasteiger partial charge in [-0.25, -0.2) is 0 Å². The average Bonchev–Trinajstić information content (AvgIpc) is 2.52. The zero-order valence-corrected chi connectivity index (χ0v) is 12.6. The predicted molar refractivity (Wildman–Crippen MR) is 80.7 cm³/mol. The van der Waals surface area contributed by atoms with Crippen molar-refractivity contribution in [3.05, 3.63) is 23.8 Å². The van der Waals surface area contributed by atoms with Crippen molar-refractivity contribution < 1.29 is 14.3 Å². The first kappa shape index (κ1) is 15.6. The molecule has 0 saturated carbocycles. The molecule has 1 heterocycles. The Kier molecular flexibility index (Phi) is 5.41. The number of methoxy groups -OCH3 is 2. The van der Waals surface area contributed by atoms with Gasteiger partial charge >= 0.3 is 0 Å². The largest absolute Gasteiger partial charge is 0.497 e. The average molecular weight is 293 g/mol. The Morgan fingerprint density at radius 3 is 2.90 bits per heavy atom. The van der Waals surface area contributed by atoms with Gasteiger partial charge in [-0.2, -0.15) is 0 Å². The molecule has 0 spiro atoms. The molecule has 0 radical (unpaired) electrons. The Bertz CT molecular complexity index is 493. The van der Waals surface area contributed by atoms with Gasteiger partial charge in [-0.1, -0.05) is 6.07 Å². The first-order valence-corrected chi connectivity index (χ1v) is 7.10. The summed E-state index contributed by atoms with van der Waals surface area (Å²) in [6.45, 7) is 3.10. The number of hydrogen-bond acceptors (Lipinski definition) is 5. The first-order valence-electron chi connectivity index (χ1n) is 7.10. The molecule has 21 heavy (non-hydrogen) atoms. The van der Waals surface area contributed by atoms with Crippen LogP contribution in [0.5, 0.6) is 11.5 Å². The summed E-state index contributed by atoms with van der Waals surface area (Å²) in [6, 6.07) is 5.56. The van der Waals surface area contributed by atoms with Gasteiger partial charge in [0.2, 0.25) is 5.91 Å². The fraction of sp³-hybridized carbons (Fsp3) is 0.533. The van der Waals surface area contributed by atoms with Gasteiger partial charge in [-0.15, -0.1) is 0 Å². The molecule has 6 heteroatoms. The number of amides is 1. The Balaban J connectivity index is 2.03. The predicted octanol–water partition coefficient (Wildman–Crippen LogP) is 0.00540. The van der Waals surface area contributed by atoms with E-state index in [2.05, 4.69) is 10.2 Å². The highest BCUT2D eigenvalue weighted by atomic mass is 16.5. The van der Waals surface area contributed by atoms with Crippen molar-refractivity contribution in [1.29, 1.82) is 0 Å². The second-order valence-corrected chi connectivity index (χ2v) is 5.09. The van der Waals surface area contributed by atoms with E-state index in [1.165, 1.54) is 0 Å². The number of nitrogens with two attached hydrogens (primary N) is 1. The highest BCUT2D eigenvalue weighted by molar-refractivity contribution is 5.80. The van der Waals surface area contributed by atoms with Gasteiger partial charge in [0.15, 0.2) is 0 Å². The molecule has 1 aromatic rings. The van der Waals surface area contributed by atoms with Gasteiger partial charge in [0.25, 0.3) is 0 Å². The van der Waals surface area contributed by atoms with Crippen LogP contribution in [-0.2, 0) is 11.2 Å². The highest BCUT2D eigenvalue weighted by Crippen LogP contribution is 2.25. The summed E-state index contributed by atoms with van der Waals surface area (Å²) >= 11 is 0. The number of carbonyl (C=O) groups excluding carboxylic acids is 1. The molecule has 0 aliphatic carbocycles. The van der Waals surface area contributed by atoms with Crippen LogP contribution in [0.1, 0.15) is 5.56 Å². The van der Waals surface area contributed by atoms with Crippen LogP contribution in [0.3, 0.4) is 0 Å². The van der Waals surface area contributed by atoms with Gasteiger partial charge < -0.3 is 20.5 Å². The Hall–Kier alpha value is -1.79. The summed E-state index contributed by atoms with van der Waals surface area (Å²) in [5.41, 5.74) is 6.56. The number of hydrogen-bond donors (Lipinski definition) is 2. The topological polar surface area (TPSA) is 76.8 Å². The SMILES string of the molecule is COc1ccc(CCN2CCNCC2C(N)=O)c(OC)c1. The third-order valence-electron chi connectivity index (χ3n) is 3.85. The van der Waals surface area contributed by atoms with E-state index in [-0.39, 0.29) is 11.9 Å². The number of rotatable bonds is 6. The summed E-state index contributed by atoms with van der Waals surface area (Å²) < 4.78 is 10.6. The van der Waals surface area contributed by atoms with E-state index >= 15 is 0 Å². The number of carbonyl (C=O) groups is 1. The normalized spacial score (nSPS) is 19.2. The summed E-state index contributed by atoms with van der Waals surface area (Å²) in [5, 5.41) is 3.20. The third kappa shape index (κ3) is 3.86. The van der Waals surface area contributed by atoms with Crippen LogP contribution in [0.2, 0.25) is 0 Å². The van der Waals surface area contributed by atoms with E-state index in [1.54, 1.807) is 14.2 Å². The lowest BCUT2D eigenvalue weighted by Crippen LogP contribution is -2.57. The highest BCUT2D eigenvalue weighted by Gasteiger charge is 2.26. The summed E-state index contributed by atoms with van der Waals surface area (Å²) in [4.78, 5) is 13.6. The van der Waals surface area contributed by atoms with Gasteiger partial charge in [0.05, 0.1) is 14.2 Å². The van der Waals surface area contributed by atoms with Crippen molar-refractivity contribution in [2.45, 2.75) is 12.5 Å². The maximum absolute atomic E-state index is 11.5. The van der Waals surface area contributed by atoms with Crippen LogP contribution in [0.15, 0.2) is 18.2 Å². The third-order valence-corrected chi connectivity index (χ3v) is 3.85. The monoisotopic (exact) mass is 293 g/mol. The van der Waals surface area contributed by atoms with Crippen molar-refractivity contribution >= 4 is 5.91 Å². The maximum atomic E-state index is 11.5. The lowest BCUT2D eigenvalue weighted by atomic mass is 10.1. The summed E-state index contributed by atoms with van der Waals surface area (Å²) in [5.74, 6) is 1.30. The number of nitrogens with one attached hydrogen (secondary N) is 1. The quantitative estimate of drug-likeness (QED) is 0.772. The molecular weight excluding hydrogens is 270 g/mol. The Morgan fingerprint density at radius 1 is 1.43 bits per heavy atom. The number of piperazine rings is 1. The van der Waals surface area contributed by atoms with Crippen LogP contribution in [-0.4, -0.2) is 57.2 Å². The maximum Gasteiger partial charge on any atom is 0.236 e. The number of nitrogens with zero attached hydrogens (tertiary/aromatic N) is 1. The second kappa shape index (κ2) is 7.28. The number of benzene rings is 1. The van der Waals surface area contributed by atoms with E-state index in [4.69, 9.17) is 15.2 Å². The lowest BCUT2D eigenvalue weighted by Gasteiger charge is -2.34. The minimum absolute atomic E-state index is 0.233. The Labute approximate surface area is 125 Å². The zero-order valence-electron chi connectivity index (χ0n) is 12.6. The molecule has 1 aromatic carbocycles. The second-order valence-electron chi connectivity index (χ2n) is 5.09. The molecule has 1 unspecified atom stereocenters. The fourth-order valence-corrected chi connectivity index (χ4v) is 2.62. The van der Waals surface area contributed by atoms with E-state index < -0.39 is 0 Å². The molecule has 1 saturated heterocycles. The molecule has 1 aliphatic heterocycles. The molecular formula is C15H23N3O3. The van der Waals surface area contributed by atoms with Crippen molar-refractivity contribution in [3.8, 4) is 11.5 Å². The van der Waals surface area contributed by atoms with Gasteiger partial charge in [0.1, 0.15) is 17.5 Å². The molecule has 2 rings (SSSR count). The zero-order chi connectivity index (χ0) is 15.2. The minimum Gasteiger partial charge on any atom is -0.497 e. The van der Waals surface area contributed by atoms with Crippen molar-refractivity contribution in [2.24, 2.45) is 5.73 Å². The molecule has 1 atom stereocenters. The molecule has 1 amide bonds. The van der Waals surface area contributed by atoms with E-state index in [1.807, 2.05) is 18.2 Å². The lowest BCUT2D eigenvalue weighted by molar-refractivity contribution is -0.123. The van der Waals surface area contributed by atoms with Gasteiger partial charge in [-0.3, -0.25) is 9.69 Å². The minimum atomic E-state index is -0.274. The van der Waals surface area contributed by atoms with Crippen LogP contribution in [0.4, 0.5) is 0 Å². The fourth-order valence-electron chi connectivity index (χ4n) is 2.62. The van der Waals surface area contributed by atoms with Gasteiger partial charge in [-0.05, 0) is 18.1 Å². The first-order chi connectivity index (χ1) is 10.2. The number of ether oxygens (including phenoxy) is 2. The van der Waals surface area contributed by atoms with Crippen molar-refractivity contribution in [1.82, 2.24) is 10.2 Å². The molecule has 116 valence electrons. The van der Waals surface area contributed by atoms with Crippen molar-refractivity contribution in [3.63, 3.8) is 0 Å². The van der Waals surface area contributed by atoms with Crippen LogP contribution >= 0.6 is 0 Å². The summed E-state index contributed by atoms with van der Waals surface area (Å²) in [6.07, 6.45) is 0.803. The smallest absolute Gasteiger partial charge is 0.236 e. The van der Waals surface area contributed by atoms with E-state index in [9.17, 15) is 4.79 Å². The standard InChI is InChI=1S/C15H23N3O3/c1-20-12-4-3-11(14(9-12)21-2)5-7-18-8-6-17-10-13(18)15(16)19/h3-4,9,13,17H,5-8,10H2,1-2H3,(H2,16,19).